The number of hydrogen-bond donors (Lipinski definition) is 1. The molecule has 0 aliphatic carbocycles. The molecule has 1 saturated heterocycles. The molecule has 7 heteroatoms. The van der Waals surface area contributed by atoms with Gasteiger partial charge in [-0.1, -0.05) is 30.3 Å². The van der Waals surface area contributed by atoms with E-state index in [1.165, 1.54) is 0 Å². The highest BCUT2D eigenvalue weighted by molar-refractivity contribution is 7.89. The average molecular weight is 390 g/mol. The summed E-state index contributed by atoms with van der Waals surface area (Å²) in [5.74, 6) is 0. The van der Waals surface area contributed by atoms with Crippen LogP contribution in [0.3, 0.4) is 0 Å². The van der Waals surface area contributed by atoms with Gasteiger partial charge in [0, 0.05) is 45.5 Å². The maximum atomic E-state index is 12.6. The summed E-state index contributed by atoms with van der Waals surface area (Å²) in [5.41, 5.74) is 2.21. The summed E-state index contributed by atoms with van der Waals surface area (Å²) < 4.78 is 33.5. The van der Waals surface area contributed by atoms with Crippen molar-refractivity contribution in [2.75, 3.05) is 51.8 Å². The van der Waals surface area contributed by atoms with E-state index in [1.807, 2.05) is 25.1 Å². The Labute approximate surface area is 161 Å². The molecular formula is C20H27N3O3S. The van der Waals surface area contributed by atoms with Gasteiger partial charge in [0.15, 0.2) is 0 Å². The molecule has 0 spiro atoms. The van der Waals surface area contributed by atoms with Gasteiger partial charge in [0.25, 0.3) is 0 Å². The Morgan fingerprint density at radius 3 is 2.26 bits per heavy atom. The van der Waals surface area contributed by atoms with Gasteiger partial charge in [0.1, 0.15) is 0 Å². The maximum absolute atomic E-state index is 12.6. The van der Waals surface area contributed by atoms with E-state index >= 15 is 0 Å². The van der Waals surface area contributed by atoms with Crippen LogP contribution in [0, 0.1) is 0 Å². The van der Waals surface area contributed by atoms with E-state index in [0.717, 1.165) is 24.3 Å². The average Bonchev–Trinajstić information content (AvgIpc) is 2.70. The van der Waals surface area contributed by atoms with Crippen LogP contribution in [0.2, 0.25) is 0 Å². The molecule has 27 heavy (non-hydrogen) atoms. The second-order valence-electron chi connectivity index (χ2n) is 6.82. The van der Waals surface area contributed by atoms with Gasteiger partial charge in [-0.15, -0.1) is 0 Å². The number of sulfonamides is 1. The maximum Gasteiger partial charge on any atom is 0.240 e. The predicted molar refractivity (Wildman–Crippen MR) is 108 cm³/mol. The molecule has 146 valence electrons. The summed E-state index contributed by atoms with van der Waals surface area (Å²) in [5, 5.41) is 0. The Balaban J connectivity index is 1.80. The minimum Gasteiger partial charge on any atom is -0.379 e. The third kappa shape index (κ3) is 5.07. The van der Waals surface area contributed by atoms with E-state index in [1.54, 1.807) is 24.3 Å². The first kappa shape index (κ1) is 19.8. The van der Waals surface area contributed by atoms with Crippen molar-refractivity contribution in [2.45, 2.75) is 10.9 Å². The Hall–Kier alpha value is -1.93. The minimum absolute atomic E-state index is 0.0383. The summed E-state index contributed by atoms with van der Waals surface area (Å²) in [4.78, 5) is 4.61. The Bertz CT molecular complexity index is 817. The third-order valence-corrected chi connectivity index (χ3v) is 6.24. The van der Waals surface area contributed by atoms with Crippen molar-refractivity contribution in [3.63, 3.8) is 0 Å². The molecule has 3 rings (SSSR count). The van der Waals surface area contributed by atoms with Gasteiger partial charge in [-0.3, -0.25) is 4.90 Å². The van der Waals surface area contributed by atoms with Crippen LogP contribution < -0.4 is 9.62 Å². The quantitative estimate of drug-likeness (QED) is 0.786. The highest BCUT2D eigenvalue weighted by atomic mass is 32.2. The van der Waals surface area contributed by atoms with Crippen molar-refractivity contribution in [1.29, 1.82) is 0 Å². The van der Waals surface area contributed by atoms with E-state index in [-0.39, 0.29) is 10.9 Å². The SMILES string of the molecule is CN(C)c1ccc(C(CNS(=O)(=O)c2ccccc2)N2CCOCC2)cc1. The molecule has 0 bridgehead atoms. The van der Waals surface area contributed by atoms with E-state index in [4.69, 9.17) is 4.74 Å². The number of rotatable bonds is 7. The molecule has 0 saturated carbocycles. The molecule has 0 aromatic heterocycles. The molecule has 1 heterocycles. The molecule has 2 aromatic rings. The predicted octanol–water partition coefficient (Wildman–Crippen LogP) is 2.10. The molecule has 2 aromatic carbocycles. The van der Waals surface area contributed by atoms with Crippen LogP contribution in [0.1, 0.15) is 11.6 Å². The summed E-state index contributed by atoms with van der Waals surface area (Å²) in [6.45, 7) is 3.22. The molecule has 0 amide bonds. The van der Waals surface area contributed by atoms with Gasteiger partial charge >= 0.3 is 0 Å². The fourth-order valence-electron chi connectivity index (χ4n) is 3.21. The number of anilines is 1. The largest absolute Gasteiger partial charge is 0.379 e. The van der Waals surface area contributed by atoms with E-state index in [0.29, 0.717) is 19.8 Å². The highest BCUT2D eigenvalue weighted by Crippen LogP contribution is 2.24. The normalized spacial score (nSPS) is 16.8. The lowest BCUT2D eigenvalue weighted by Crippen LogP contribution is -2.43. The monoisotopic (exact) mass is 389 g/mol. The lowest BCUT2D eigenvalue weighted by Gasteiger charge is -2.35. The van der Waals surface area contributed by atoms with Crippen LogP contribution in [0.4, 0.5) is 5.69 Å². The second-order valence-corrected chi connectivity index (χ2v) is 8.58. The molecule has 6 nitrogen and oxygen atoms in total. The summed E-state index contributed by atoms with van der Waals surface area (Å²) in [7, 11) is 0.465. The van der Waals surface area contributed by atoms with Crippen LogP contribution in [0.25, 0.3) is 0 Å². The van der Waals surface area contributed by atoms with Crippen LogP contribution in [-0.4, -0.2) is 60.3 Å². The highest BCUT2D eigenvalue weighted by Gasteiger charge is 2.25. The van der Waals surface area contributed by atoms with Crippen molar-refractivity contribution < 1.29 is 13.2 Å². The van der Waals surface area contributed by atoms with Crippen LogP contribution in [0.5, 0.6) is 0 Å². The second kappa shape index (κ2) is 8.84. The summed E-state index contributed by atoms with van der Waals surface area (Å²) in [6, 6.07) is 16.7. The molecule has 1 fully saturated rings. The topological polar surface area (TPSA) is 61.9 Å². The summed E-state index contributed by atoms with van der Waals surface area (Å²) in [6.07, 6.45) is 0. The zero-order valence-electron chi connectivity index (χ0n) is 15.8. The first-order valence-corrected chi connectivity index (χ1v) is 10.6. The van der Waals surface area contributed by atoms with Crippen molar-refractivity contribution in [3.05, 3.63) is 60.2 Å². The van der Waals surface area contributed by atoms with E-state index in [9.17, 15) is 8.42 Å². The van der Waals surface area contributed by atoms with Crippen molar-refractivity contribution >= 4 is 15.7 Å². The van der Waals surface area contributed by atoms with Gasteiger partial charge in [-0.25, -0.2) is 13.1 Å². The number of morpholine rings is 1. The zero-order valence-corrected chi connectivity index (χ0v) is 16.7. The van der Waals surface area contributed by atoms with Crippen molar-refractivity contribution in [1.82, 2.24) is 9.62 Å². The van der Waals surface area contributed by atoms with Crippen molar-refractivity contribution in [2.24, 2.45) is 0 Å². The molecular weight excluding hydrogens is 362 g/mol. The standard InChI is InChI=1S/C20H27N3O3S/c1-22(2)18-10-8-17(9-11-18)20(23-12-14-26-15-13-23)16-21-27(24,25)19-6-4-3-5-7-19/h3-11,20-21H,12-16H2,1-2H3. The third-order valence-electron chi connectivity index (χ3n) is 4.80. The fourth-order valence-corrected chi connectivity index (χ4v) is 4.27. The molecule has 1 aliphatic heterocycles. The van der Waals surface area contributed by atoms with Gasteiger partial charge < -0.3 is 9.64 Å². The van der Waals surface area contributed by atoms with Crippen LogP contribution >= 0.6 is 0 Å². The van der Waals surface area contributed by atoms with Crippen LogP contribution in [0.15, 0.2) is 59.5 Å². The van der Waals surface area contributed by atoms with Crippen molar-refractivity contribution in [3.8, 4) is 0 Å². The Morgan fingerprint density at radius 2 is 1.67 bits per heavy atom. The number of nitrogens with one attached hydrogen (secondary N) is 1. The fraction of sp³-hybridized carbons (Fsp3) is 0.400. The number of benzene rings is 2. The first-order valence-electron chi connectivity index (χ1n) is 9.11. The first-order chi connectivity index (χ1) is 13.0. The molecule has 0 radical (unpaired) electrons. The minimum atomic E-state index is -3.54. The van der Waals surface area contributed by atoms with E-state index < -0.39 is 10.0 Å². The van der Waals surface area contributed by atoms with Gasteiger partial charge in [-0.05, 0) is 29.8 Å². The lowest BCUT2D eigenvalue weighted by atomic mass is 10.0. The lowest BCUT2D eigenvalue weighted by molar-refractivity contribution is 0.0172. The van der Waals surface area contributed by atoms with Gasteiger partial charge in [-0.2, -0.15) is 0 Å². The smallest absolute Gasteiger partial charge is 0.240 e. The molecule has 1 N–H and O–H groups in total. The van der Waals surface area contributed by atoms with Gasteiger partial charge in [0.05, 0.1) is 18.1 Å². The Morgan fingerprint density at radius 1 is 1.04 bits per heavy atom. The molecule has 1 unspecified atom stereocenters. The molecule has 1 atom stereocenters. The zero-order chi connectivity index (χ0) is 19.3. The number of hydrogen-bond acceptors (Lipinski definition) is 5. The van der Waals surface area contributed by atoms with Crippen LogP contribution in [-0.2, 0) is 14.8 Å². The summed E-state index contributed by atoms with van der Waals surface area (Å²) >= 11 is 0. The number of nitrogens with zero attached hydrogens (tertiary/aromatic N) is 2. The molecule has 1 aliphatic rings. The van der Waals surface area contributed by atoms with Gasteiger partial charge in [0.2, 0.25) is 10.0 Å². The number of ether oxygens (including phenoxy) is 1. The Kier molecular flexibility index (Phi) is 6.49. The van der Waals surface area contributed by atoms with E-state index in [2.05, 4.69) is 33.9 Å².